The molecule has 0 bridgehead atoms. The van der Waals surface area contributed by atoms with Crippen molar-refractivity contribution in [2.45, 2.75) is 12.8 Å². The molecule has 2 aromatic rings. The summed E-state index contributed by atoms with van der Waals surface area (Å²) in [6, 6.07) is 5.52. The highest BCUT2D eigenvalue weighted by atomic mass is 16.4. The highest BCUT2D eigenvalue weighted by Crippen LogP contribution is 2.30. The molecule has 1 aliphatic heterocycles. The van der Waals surface area contributed by atoms with E-state index < -0.39 is 5.97 Å². The van der Waals surface area contributed by atoms with Crippen molar-refractivity contribution in [1.82, 2.24) is 9.78 Å². The molecule has 0 unspecified atom stereocenters. The van der Waals surface area contributed by atoms with Crippen molar-refractivity contribution in [1.29, 1.82) is 0 Å². The number of anilines is 1. The Morgan fingerprint density at radius 2 is 2.20 bits per heavy atom. The predicted octanol–water partition coefficient (Wildman–Crippen LogP) is 1.67. The fourth-order valence-corrected chi connectivity index (χ4v) is 2.47. The quantitative estimate of drug-likeness (QED) is 0.870. The number of benzene rings is 1. The lowest BCUT2D eigenvalue weighted by molar-refractivity contribution is -0.116. The van der Waals surface area contributed by atoms with Gasteiger partial charge in [0.1, 0.15) is 5.56 Å². The zero-order chi connectivity index (χ0) is 14.3. The molecule has 0 spiro atoms. The number of carboxylic acid groups (broad SMARTS) is 1. The number of carbonyl (C=O) groups excluding carboxylic acids is 1. The van der Waals surface area contributed by atoms with Crippen LogP contribution >= 0.6 is 0 Å². The third-order valence-electron chi connectivity index (χ3n) is 3.44. The van der Waals surface area contributed by atoms with Crippen molar-refractivity contribution in [2.24, 2.45) is 7.05 Å². The zero-order valence-electron chi connectivity index (χ0n) is 10.9. The molecule has 20 heavy (non-hydrogen) atoms. The fourth-order valence-electron chi connectivity index (χ4n) is 2.47. The number of aromatic nitrogens is 2. The molecule has 6 nitrogen and oxygen atoms in total. The van der Waals surface area contributed by atoms with Crippen LogP contribution in [0.2, 0.25) is 0 Å². The summed E-state index contributed by atoms with van der Waals surface area (Å²) in [7, 11) is 1.71. The van der Waals surface area contributed by atoms with Crippen LogP contribution in [0.15, 0.2) is 24.4 Å². The fraction of sp³-hybridized carbons (Fsp3) is 0.214. The van der Waals surface area contributed by atoms with E-state index in [0.717, 1.165) is 16.8 Å². The number of hydrogen-bond donors (Lipinski definition) is 2. The van der Waals surface area contributed by atoms with Crippen LogP contribution in [0.4, 0.5) is 5.69 Å². The van der Waals surface area contributed by atoms with E-state index in [1.54, 1.807) is 23.9 Å². The molecule has 0 radical (unpaired) electrons. The van der Waals surface area contributed by atoms with Gasteiger partial charge in [0.15, 0.2) is 0 Å². The second-order valence-electron chi connectivity index (χ2n) is 4.76. The summed E-state index contributed by atoms with van der Waals surface area (Å²) in [5.74, 6) is -0.990. The number of nitrogens with zero attached hydrogens (tertiary/aromatic N) is 2. The Kier molecular flexibility index (Phi) is 2.78. The van der Waals surface area contributed by atoms with Crippen molar-refractivity contribution < 1.29 is 14.7 Å². The lowest BCUT2D eigenvalue weighted by Gasteiger charge is -2.17. The van der Waals surface area contributed by atoms with Gasteiger partial charge in [-0.1, -0.05) is 6.07 Å². The van der Waals surface area contributed by atoms with Gasteiger partial charge in [-0.2, -0.15) is 5.10 Å². The first kappa shape index (κ1) is 12.4. The number of aryl methyl sites for hydroxylation is 2. The van der Waals surface area contributed by atoms with E-state index in [1.807, 2.05) is 6.07 Å². The topological polar surface area (TPSA) is 84.2 Å². The summed E-state index contributed by atoms with van der Waals surface area (Å²) in [4.78, 5) is 22.6. The Labute approximate surface area is 115 Å². The van der Waals surface area contributed by atoms with Crippen molar-refractivity contribution >= 4 is 17.6 Å². The smallest absolute Gasteiger partial charge is 0.339 e. The van der Waals surface area contributed by atoms with Crippen molar-refractivity contribution in [3.8, 4) is 11.3 Å². The minimum atomic E-state index is -1.00. The van der Waals surface area contributed by atoms with Gasteiger partial charge in [-0.3, -0.25) is 9.48 Å². The summed E-state index contributed by atoms with van der Waals surface area (Å²) in [6.07, 6.45) is 2.46. The molecule has 0 fully saturated rings. The predicted molar refractivity (Wildman–Crippen MR) is 72.6 cm³/mol. The Bertz CT molecular complexity index is 718. The maximum Gasteiger partial charge on any atom is 0.339 e. The standard InChI is InChI=1S/C14H13N3O3/c1-17-13(10(7-15-17)14(19)20)9-2-4-11-8(6-9)3-5-12(18)16-11/h2,4,6-7H,3,5H2,1H3,(H,16,18)(H,19,20). The van der Waals surface area contributed by atoms with E-state index in [0.29, 0.717) is 18.5 Å². The van der Waals surface area contributed by atoms with Crippen LogP contribution in [0.3, 0.4) is 0 Å². The van der Waals surface area contributed by atoms with Gasteiger partial charge in [0.25, 0.3) is 0 Å². The molecule has 0 saturated carbocycles. The normalized spacial score (nSPS) is 13.8. The van der Waals surface area contributed by atoms with Gasteiger partial charge in [-0.15, -0.1) is 0 Å². The molecular weight excluding hydrogens is 258 g/mol. The van der Waals surface area contributed by atoms with Gasteiger partial charge in [0.2, 0.25) is 5.91 Å². The van der Waals surface area contributed by atoms with E-state index >= 15 is 0 Å². The molecule has 102 valence electrons. The highest BCUT2D eigenvalue weighted by molar-refractivity contribution is 5.96. The minimum absolute atomic E-state index is 0.0111. The van der Waals surface area contributed by atoms with E-state index in [9.17, 15) is 14.7 Å². The summed E-state index contributed by atoms with van der Waals surface area (Å²) >= 11 is 0. The first-order valence-corrected chi connectivity index (χ1v) is 6.24. The highest BCUT2D eigenvalue weighted by Gasteiger charge is 2.20. The van der Waals surface area contributed by atoms with Crippen LogP contribution in [0, 0.1) is 0 Å². The molecule has 1 aromatic heterocycles. The Morgan fingerprint density at radius 3 is 2.95 bits per heavy atom. The summed E-state index contributed by atoms with van der Waals surface area (Å²) < 4.78 is 1.55. The van der Waals surface area contributed by atoms with Gasteiger partial charge in [-0.05, 0) is 24.1 Å². The second kappa shape index (κ2) is 4.48. The first-order chi connectivity index (χ1) is 9.56. The van der Waals surface area contributed by atoms with Crippen molar-refractivity contribution in [3.63, 3.8) is 0 Å². The lowest BCUT2D eigenvalue weighted by atomic mass is 9.98. The van der Waals surface area contributed by atoms with Gasteiger partial charge in [0, 0.05) is 24.7 Å². The van der Waals surface area contributed by atoms with E-state index in [1.165, 1.54) is 6.20 Å². The molecule has 2 N–H and O–H groups in total. The van der Waals surface area contributed by atoms with Gasteiger partial charge >= 0.3 is 5.97 Å². The third kappa shape index (κ3) is 1.95. The van der Waals surface area contributed by atoms with Crippen LogP contribution in [0.25, 0.3) is 11.3 Å². The molecule has 1 aliphatic rings. The average Bonchev–Trinajstić information content (AvgIpc) is 2.80. The van der Waals surface area contributed by atoms with Crippen LogP contribution < -0.4 is 5.32 Å². The van der Waals surface area contributed by atoms with Crippen LogP contribution in [0.1, 0.15) is 22.3 Å². The molecule has 1 aromatic carbocycles. The van der Waals surface area contributed by atoms with E-state index in [4.69, 9.17) is 0 Å². The van der Waals surface area contributed by atoms with Crippen LogP contribution in [0.5, 0.6) is 0 Å². The molecule has 2 heterocycles. The molecule has 0 atom stereocenters. The van der Waals surface area contributed by atoms with Gasteiger partial charge < -0.3 is 10.4 Å². The maximum atomic E-state index is 11.3. The molecule has 0 saturated heterocycles. The number of amides is 1. The zero-order valence-corrected chi connectivity index (χ0v) is 10.9. The minimum Gasteiger partial charge on any atom is -0.478 e. The Morgan fingerprint density at radius 1 is 1.40 bits per heavy atom. The molecule has 0 aliphatic carbocycles. The largest absolute Gasteiger partial charge is 0.478 e. The SMILES string of the molecule is Cn1ncc(C(=O)O)c1-c1ccc2c(c1)CCC(=O)N2. The molecule has 1 amide bonds. The molecular formula is C14H13N3O3. The number of fused-ring (bicyclic) bond motifs is 1. The maximum absolute atomic E-state index is 11.3. The van der Waals surface area contributed by atoms with Crippen LogP contribution in [-0.4, -0.2) is 26.8 Å². The van der Waals surface area contributed by atoms with E-state index in [2.05, 4.69) is 10.4 Å². The molecule has 3 rings (SSSR count). The van der Waals surface area contributed by atoms with Crippen molar-refractivity contribution in [2.75, 3.05) is 5.32 Å². The summed E-state index contributed by atoms with van der Waals surface area (Å²) in [5.41, 5.74) is 3.34. The van der Waals surface area contributed by atoms with E-state index in [-0.39, 0.29) is 11.5 Å². The second-order valence-corrected chi connectivity index (χ2v) is 4.76. The summed E-state index contributed by atoms with van der Waals surface area (Å²) in [5, 5.41) is 16.0. The molecule has 6 heteroatoms. The number of aromatic carboxylic acids is 1. The number of hydrogen-bond acceptors (Lipinski definition) is 3. The first-order valence-electron chi connectivity index (χ1n) is 6.24. The monoisotopic (exact) mass is 271 g/mol. The van der Waals surface area contributed by atoms with Gasteiger partial charge in [-0.25, -0.2) is 4.79 Å². The Hall–Kier alpha value is -2.63. The third-order valence-corrected chi connectivity index (χ3v) is 3.44. The van der Waals surface area contributed by atoms with Gasteiger partial charge in [0.05, 0.1) is 11.9 Å². The van der Waals surface area contributed by atoms with Crippen LogP contribution in [-0.2, 0) is 18.3 Å². The average molecular weight is 271 g/mol. The summed E-state index contributed by atoms with van der Waals surface area (Å²) in [6.45, 7) is 0. The number of rotatable bonds is 2. The van der Waals surface area contributed by atoms with Crippen molar-refractivity contribution in [3.05, 3.63) is 35.5 Å². The number of carbonyl (C=O) groups is 2. The number of carboxylic acids is 1. The number of nitrogens with one attached hydrogen (secondary N) is 1. The lowest BCUT2D eigenvalue weighted by Crippen LogP contribution is -2.18. The Balaban J connectivity index is 2.10.